The fourth-order valence-corrected chi connectivity index (χ4v) is 2.74. The zero-order valence-electron chi connectivity index (χ0n) is 10.5. The molecule has 0 radical (unpaired) electrons. The van der Waals surface area contributed by atoms with Crippen molar-refractivity contribution in [3.8, 4) is 6.07 Å². The predicted octanol–water partition coefficient (Wildman–Crippen LogP) is 2.68. The Morgan fingerprint density at radius 2 is 2.12 bits per heavy atom. The molecule has 0 fully saturated rings. The molecule has 0 aliphatic heterocycles. The lowest BCUT2D eigenvalue weighted by molar-refractivity contribution is 0.0529. The molecule has 1 rings (SSSR count). The van der Waals surface area contributed by atoms with Crippen LogP contribution in [-0.4, -0.2) is 12.6 Å². The molecule has 1 heterocycles. The topological polar surface area (TPSA) is 76.1 Å². The number of carbonyl (C=O) groups excluding carboxylic acids is 1. The second kappa shape index (κ2) is 4.76. The van der Waals surface area contributed by atoms with Crippen LogP contribution in [0.3, 0.4) is 0 Å². The van der Waals surface area contributed by atoms with Crippen molar-refractivity contribution < 1.29 is 9.53 Å². The quantitative estimate of drug-likeness (QED) is 0.821. The van der Waals surface area contributed by atoms with Crippen LogP contribution in [0.1, 0.15) is 48.5 Å². The first-order valence-corrected chi connectivity index (χ1v) is 6.14. The third-order valence-electron chi connectivity index (χ3n) is 2.26. The summed E-state index contributed by atoms with van der Waals surface area (Å²) in [5.41, 5.74) is 6.53. The molecule has 0 spiro atoms. The fourth-order valence-electron chi connectivity index (χ4n) is 1.62. The Morgan fingerprint density at radius 3 is 2.53 bits per heavy atom. The van der Waals surface area contributed by atoms with E-state index >= 15 is 0 Å². The summed E-state index contributed by atoms with van der Waals surface area (Å²) in [5.74, 6) is -0.407. The van der Waals surface area contributed by atoms with Gasteiger partial charge in [-0.1, -0.05) is 20.8 Å². The Kier molecular flexibility index (Phi) is 3.79. The molecule has 4 nitrogen and oxygen atoms in total. The number of hydrogen-bond donors (Lipinski definition) is 1. The van der Waals surface area contributed by atoms with Crippen LogP contribution in [0.15, 0.2) is 0 Å². The van der Waals surface area contributed by atoms with Crippen molar-refractivity contribution >= 4 is 22.3 Å². The summed E-state index contributed by atoms with van der Waals surface area (Å²) in [6, 6.07) is 2.07. The number of anilines is 1. The minimum Gasteiger partial charge on any atom is -0.462 e. The van der Waals surface area contributed by atoms with E-state index in [-0.39, 0.29) is 5.41 Å². The maximum atomic E-state index is 11.8. The summed E-state index contributed by atoms with van der Waals surface area (Å²) in [7, 11) is 0. The zero-order chi connectivity index (χ0) is 13.2. The summed E-state index contributed by atoms with van der Waals surface area (Å²) in [5, 5.41) is 9.49. The largest absolute Gasteiger partial charge is 0.462 e. The van der Waals surface area contributed by atoms with Crippen molar-refractivity contribution in [3.63, 3.8) is 0 Å². The Hall–Kier alpha value is -1.54. The zero-order valence-corrected chi connectivity index (χ0v) is 11.3. The van der Waals surface area contributed by atoms with Gasteiger partial charge >= 0.3 is 5.97 Å². The molecule has 1 aromatic heterocycles. The van der Waals surface area contributed by atoms with Crippen LogP contribution in [-0.2, 0) is 10.2 Å². The van der Waals surface area contributed by atoms with Gasteiger partial charge in [0.2, 0.25) is 0 Å². The summed E-state index contributed by atoms with van der Waals surface area (Å²) >= 11 is 1.12. The van der Waals surface area contributed by atoms with E-state index in [0.717, 1.165) is 11.3 Å². The average Bonchev–Trinajstić information content (AvgIpc) is 2.55. The number of hydrogen-bond acceptors (Lipinski definition) is 5. The second-order valence-corrected chi connectivity index (χ2v) is 5.68. The summed E-state index contributed by atoms with van der Waals surface area (Å²) in [6.45, 7) is 7.88. The summed E-state index contributed by atoms with van der Waals surface area (Å²) in [4.78, 5) is 12.3. The Balaban J connectivity index is 3.42. The third-order valence-corrected chi connectivity index (χ3v) is 3.26. The lowest BCUT2D eigenvalue weighted by atomic mass is 9.84. The number of nitrogens with zero attached hydrogens (tertiary/aromatic N) is 1. The minimum absolute atomic E-state index is 0.308. The van der Waals surface area contributed by atoms with Gasteiger partial charge in [-0.05, 0) is 12.3 Å². The number of nitriles is 1. The molecule has 0 atom stereocenters. The number of rotatable bonds is 2. The van der Waals surface area contributed by atoms with E-state index in [1.165, 1.54) is 0 Å². The van der Waals surface area contributed by atoms with Gasteiger partial charge in [0, 0.05) is 5.56 Å². The van der Waals surface area contributed by atoms with E-state index in [1.807, 2.05) is 20.8 Å². The van der Waals surface area contributed by atoms with Crippen molar-refractivity contribution in [3.05, 3.63) is 16.0 Å². The van der Waals surface area contributed by atoms with Crippen LogP contribution in [0.4, 0.5) is 5.00 Å². The Labute approximate surface area is 105 Å². The number of carbonyl (C=O) groups is 1. The van der Waals surface area contributed by atoms with E-state index in [1.54, 1.807) is 6.92 Å². The number of ether oxygens (including phenoxy) is 1. The highest BCUT2D eigenvalue weighted by molar-refractivity contribution is 7.18. The van der Waals surface area contributed by atoms with Crippen molar-refractivity contribution in [1.82, 2.24) is 0 Å². The monoisotopic (exact) mass is 252 g/mol. The average molecular weight is 252 g/mol. The van der Waals surface area contributed by atoms with Gasteiger partial charge in [0.05, 0.1) is 12.2 Å². The van der Waals surface area contributed by atoms with E-state index in [0.29, 0.717) is 27.6 Å². The standard InChI is InChI=1S/C12H16N2O2S/c1-5-16-11(15)9-8(12(2,3)4)7(6-13)10(14)17-9/h5,14H2,1-4H3. The van der Waals surface area contributed by atoms with Gasteiger partial charge in [0.25, 0.3) is 0 Å². The van der Waals surface area contributed by atoms with Crippen LogP contribution < -0.4 is 5.73 Å². The number of esters is 1. The van der Waals surface area contributed by atoms with E-state index < -0.39 is 5.97 Å². The maximum Gasteiger partial charge on any atom is 0.348 e. The number of nitrogen functional groups attached to an aromatic ring is 1. The van der Waals surface area contributed by atoms with Crippen molar-refractivity contribution in [1.29, 1.82) is 5.26 Å². The second-order valence-electron chi connectivity index (χ2n) is 4.63. The first kappa shape index (κ1) is 13.5. The lowest BCUT2D eigenvalue weighted by Crippen LogP contribution is -2.17. The molecule has 92 valence electrons. The molecule has 0 saturated carbocycles. The predicted molar refractivity (Wildman–Crippen MR) is 68.1 cm³/mol. The van der Waals surface area contributed by atoms with E-state index in [4.69, 9.17) is 15.7 Å². The highest BCUT2D eigenvalue weighted by Crippen LogP contribution is 2.38. The molecular weight excluding hydrogens is 236 g/mol. The van der Waals surface area contributed by atoms with Gasteiger partial charge in [-0.3, -0.25) is 0 Å². The first-order valence-electron chi connectivity index (χ1n) is 5.32. The van der Waals surface area contributed by atoms with Crippen LogP contribution in [0.25, 0.3) is 0 Å². The molecule has 0 unspecified atom stereocenters. The Bertz CT molecular complexity index is 478. The van der Waals surface area contributed by atoms with Crippen LogP contribution in [0.5, 0.6) is 0 Å². The molecule has 5 heteroatoms. The molecule has 1 aromatic rings. The number of nitrogens with two attached hydrogens (primary N) is 1. The maximum absolute atomic E-state index is 11.8. The molecule has 2 N–H and O–H groups in total. The van der Waals surface area contributed by atoms with E-state index in [2.05, 4.69) is 6.07 Å². The van der Waals surface area contributed by atoms with Gasteiger partial charge in [-0.25, -0.2) is 4.79 Å². The Morgan fingerprint density at radius 1 is 1.53 bits per heavy atom. The van der Waals surface area contributed by atoms with Crippen molar-refractivity contribution in [2.45, 2.75) is 33.1 Å². The third kappa shape index (κ3) is 2.59. The molecule has 0 aliphatic carbocycles. The molecular formula is C12H16N2O2S. The highest BCUT2D eigenvalue weighted by Gasteiger charge is 2.30. The van der Waals surface area contributed by atoms with Gasteiger partial charge in [-0.2, -0.15) is 5.26 Å². The van der Waals surface area contributed by atoms with Crippen molar-refractivity contribution in [2.75, 3.05) is 12.3 Å². The van der Waals surface area contributed by atoms with Crippen molar-refractivity contribution in [2.24, 2.45) is 0 Å². The van der Waals surface area contributed by atoms with Gasteiger partial charge in [0.15, 0.2) is 0 Å². The fraction of sp³-hybridized carbons (Fsp3) is 0.500. The van der Waals surface area contributed by atoms with Crippen LogP contribution in [0.2, 0.25) is 0 Å². The van der Waals surface area contributed by atoms with Crippen LogP contribution >= 0.6 is 11.3 Å². The highest BCUT2D eigenvalue weighted by atomic mass is 32.1. The molecule has 0 aliphatic rings. The lowest BCUT2D eigenvalue weighted by Gasteiger charge is -2.19. The normalized spacial score (nSPS) is 11.0. The van der Waals surface area contributed by atoms with Gasteiger partial charge in [0.1, 0.15) is 15.9 Å². The molecule has 0 saturated heterocycles. The van der Waals surface area contributed by atoms with Gasteiger partial charge < -0.3 is 10.5 Å². The number of thiophene rings is 1. The van der Waals surface area contributed by atoms with E-state index in [9.17, 15) is 4.79 Å². The smallest absolute Gasteiger partial charge is 0.348 e. The van der Waals surface area contributed by atoms with Crippen LogP contribution in [0, 0.1) is 11.3 Å². The molecule has 0 aromatic carbocycles. The minimum atomic E-state index is -0.407. The summed E-state index contributed by atoms with van der Waals surface area (Å²) in [6.07, 6.45) is 0. The molecule has 0 bridgehead atoms. The van der Waals surface area contributed by atoms with Gasteiger partial charge in [-0.15, -0.1) is 11.3 Å². The molecule has 17 heavy (non-hydrogen) atoms. The first-order chi connectivity index (χ1) is 7.82. The molecule has 0 amide bonds. The summed E-state index contributed by atoms with van der Waals surface area (Å²) < 4.78 is 4.98. The SMILES string of the molecule is CCOC(=O)c1sc(N)c(C#N)c1C(C)(C)C.